The topological polar surface area (TPSA) is 168 Å². The maximum absolute atomic E-state index is 15.3. The number of imidazole rings is 1. The van der Waals surface area contributed by atoms with Crippen molar-refractivity contribution in [2.24, 2.45) is 7.05 Å². The molecule has 0 radical (unpaired) electrons. The molecule has 0 saturated carbocycles. The molecule has 0 amide bonds. The first kappa shape index (κ1) is 60.8. The third kappa shape index (κ3) is 12.5. The number of aryl methyl sites for hydroxylation is 5. The molecule has 91 heavy (non-hydrogen) atoms. The summed E-state index contributed by atoms with van der Waals surface area (Å²) in [5.41, 5.74) is 14.9. The second-order valence-corrected chi connectivity index (χ2v) is 25.0. The number of halogens is 4. The van der Waals surface area contributed by atoms with Crippen LogP contribution < -0.4 is 5.32 Å². The smallest absolute Gasteiger partial charge is 0.151 e. The fourth-order valence-electron chi connectivity index (χ4n) is 13.7. The molecule has 3 aliphatic rings. The fraction of sp³-hybridized carbons (Fsp3) is 0.338. The van der Waals surface area contributed by atoms with E-state index in [9.17, 15) is 13.9 Å². The molecule has 3 atom stereocenters. The van der Waals surface area contributed by atoms with Crippen LogP contribution in [0.15, 0.2) is 122 Å². The van der Waals surface area contributed by atoms with Gasteiger partial charge in [0.2, 0.25) is 0 Å². The number of allylic oxidation sites excluding steroid dienone is 1. The van der Waals surface area contributed by atoms with Crippen LogP contribution in [-0.4, -0.2) is 126 Å². The maximum Gasteiger partial charge on any atom is 0.151 e. The Bertz CT molecular complexity index is 4750. The summed E-state index contributed by atoms with van der Waals surface area (Å²) in [7, 11) is 1.74. The number of aromatic nitrogens is 12. The minimum atomic E-state index is -0.431. The van der Waals surface area contributed by atoms with Crippen LogP contribution in [0.1, 0.15) is 110 Å². The van der Waals surface area contributed by atoms with Crippen molar-refractivity contribution >= 4 is 54.8 Å². The average Bonchev–Trinajstić information content (AvgIpc) is 1.78. The van der Waals surface area contributed by atoms with E-state index in [4.69, 9.17) is 0 Å². The summed E-state index contributed by atoms with van der Waals surface area (Å²) in [6.07, 6.45) is 16.5. The van der Waals surface area contributed by atoms with E-state index in [0.29, 0.717) is 96.4 Å². The molecule has 11 heterocycles. The summed E-state index contributed by atoms with van der Waals surface area (Å²) in [6.45, 7) is 19.4. The molecule has 2 saturated heterocycles. The first-order valence-electron chi connectivity index (χ1n) is 31.4. The van der Waals surface area contributed by atoms with Crippen molar-refractivity contribution in [1.29, 1.82) is 0 Å². The van der Waals surface area contributed by atoms with Gasteiger partial charge in [-0.1, -0.05) is 13.0 Å². The third-order valence-corrected chi connectivity index (χ3v) is 18.5. The number of β-amino-alcohol motifs (C(OH)–C–C–N with tert-alkyl or cyclic N) is 1. The zero-order chi connectivity index (χ0) is 63.4. The maximum atomic E-state index is 15.3. The Morgan fingerprint density at radius 2 is 1.24 bits per heavy atom. The standard InChI is InChI=1S/C26H30FN5O.C23H23F2N5.C22H20FN5/c1-15-7-26-16(2)8-24(30-32(26)14-15)20-11-22(27)21-13-23(28-29-25(21)12-20)19-9-17(3)31(5-6-33)18(4)10-19;1-3-30-6-4-14(5-7-30)15-9-19(24)18-12-21(26-27-22(18)11-15)16-8-17-13-29(2)28-23(17)20(25)10-16;1-13-7-17(12-28-11-14(2)25-22(13)28)20-10-18-19(23)8-16(9-21(18)27-26-20)15-3-5-24-6-4-15/h7-8,11-14,17-19,33H,5-6,9-10H2,1-4H3;8-14H,3-7H2,1-2H3;3,5,7-12,15,24H,4,6H2,1-2H3/t17-,18-;;/m1../s1. The Kier molecular flexibility index (Phi) is 16.9. The SMILES string of the molecule is CCN1CCC(c2cc(F)c3cc(-c4cc(F)c5nn(C)cc5c4)nnc3c2)CC1.Cc1cc2c(C)cc(-c3cc(F)c4cc(C5C[C@@H](C)N(CCO)[C@H](C)C5)nnc4c3)nn2c1.Cc1cn2cc(-c3cc4c(F)cc(C5C=CNCC5)cc4nn3)cc(C)c2n1. The highest BCUT2D eigenvalue weighted by atomic mass is 19.1. The van der Waals surface area contributed by atoms with E-state index in [2.05, 4.69) is 93.8 Å². The van der Waals surface area contributed by atoms with Crippen LogP contribution in [0, 0.1) is 51.0 Å². The number of hydrogen-bond donors (Lipinski definition) is 2. The van der Waals surface area contributed by atoms with E-state index >= 15 is 8.78 Å². The van der Waals surface area contributed by atoms with Crippen molar-refractivity contribution in [2.75, 3.05) is 39.3 Å². The molecular formula is C71H73F4N15O. The number of hydrogen-bond acceptors (Lipinski definition) is 13. The summed E-state index contributed by atoms with van der Waals surface area (Å²) in [4.78, 5) is 9.27. The Hall–Kier alpha value is -9.11. The first-order chi connectivity index (χ1) is 43.9. The van der Waals surface area contributed by atoms with Crippen LogP contribution in [0.5, 0.6) is 0 Å². The number of nitrogens with one attached hydrogen (secondary N) is 1. The second kappa shape index (κ2) is 25.3. The molecule has 12 aromatic rings. The molecule has 8 aromatic heterocycles. The highest BCUT2D eigenvalue weighted by molar-refractivity contribution is 5.88. The third-order valence-electron chi connectivity index (χ3n) is 18.5. The summed E-state index contributed by atoms with van der Waals surface area (Å²) < 4.78 is 65.0. The van der Waals surface area contributed by atoms with E-state index in [1.165, 1.54) is 6.07 Å². The minimum absolute atomic E-state index is 0.161. The number of aliphatic hydroxyl groups is 1. The number of fused-ring (bicyclic) bond motifs is 6. The molecule has 0 spiro atoms. The van der Waals surface area contributed by atoms with Crippen LogP contribution in [0.2, 0.25) is 0 Å². The van der Waals surface area contributed by atoms with Crippen LogP contribution >= 0.6 is 0 Å². The molecular weight excluding hydrogens is 1150 g/mol. The quantitative estimate of drug-likeness (QED) is 0.131. The number of likely N-dealkylation sites (tertiary alicyclic amines) is 2. The van der Waals surface area contributed by atoms with Crippen molar-refractivity contribution in [3.8, 4) is 33.8 Å². The molecule has 0 aliphatic carbocycles. The Morgan fingerprint density at radius 3 is 1.95 bits per heavy atom. The molecule has 4 aromatic carbocycles. The second-order valence-electron chi connectivity index (χ2n) is 25.0. The van der Waals surface area contributed by atoms with Gasteiger partial charge >= 0.3 is 0 Å². The van der Waals surface area contributed by atoms with Crippen molar-refractivity contribution in [3.05, 3.63) is 184 Å². The molecule has 16 nitrogen and oxygen atoms in total. The zero-order valence-electron chi connectivity index (χ0n) is 52.4. The van der Waals surface area contributed by atoms with Gasteiger partial charge in [-0.3, -0.25) is 9.58 Å². The number of pyridine rings is 1. The molecule has 2 fully saturated rings. The predicted octanol–water partition coefficient (Wildman–Crippen LogP) is 13.6. The molecule has 0 bridgehead atoms. The van der Waals surface area contributed by atoms with Crippen LogP contribution in [0.3, 0.4) is 0 Å². The van der Waals surface area contributed by atoms with Crippen molar-refractivity contribution in [2.45, 2.75) is 110 Å². The number of aliphatic hydroxyl groups excluding tert-OH is 1. The Balaban J connectivity index is 0.000000125. The largest absolute Gasteiger partial charge is 0.395 e. The van der Waals surface area contributed by atoms with E-state index in [0.717, 1.165) is 114 Å². The summed E-state index contributed by atoms with van der Waals surface area (Å²) in [5, 5.41) is 49.6. The van der Waals surface area contributed by atoms with Gasteiger partial charge in [0.05, 0.1) is 57.1 Å². The monoisotopic (exact) mass is 1230 g/mol. The predicted molar refractivity (Wildman–Crippen MR) is 349 cm³/mol. The van der Waals surface area contributed by atoms with Gasteiger partial charge in [0.1, 0.15) is 28.6 Å². The molecule has 1 unspecified atom stereocenters. The lowest BCUT2D eigenvalue weighted by Gasteiger charge is -2.42. The van der Waals surface area contributed by atoms with Gasteiger partial charge in [-0.05, 0) is 218 Å². The lowest BCUT2D eigenvalue weighted by molar-refractivity contribution is 0.0694. The number of piperidine rings is 2. The summed E-state index contributed by atoms with van der Waals surface area (Å²) in [5.74, 6) is -0.526. The lowest BCUT2D eigenvalue weighted by Crippen LogP contribution is -2.47. The average molecular weight is 1230 g/mol. The Labute approximate surface area is 524 Å². The number of rotatable bonds is 9. The van der Waals surface area contributed by atoms with Gasteiger partial charge in [0, 0.05) is 107 Å². The highest BCUT2D eigenvalue weighted by Crippen LogP contribution is 2.38. The Morgan fingerprint density at radius 1 is 0.593 bits per heavy atom. The first-order valence-corrected chi connectivity index (χ1v) is 31.4. The van der Waals surface area contributed by atoms with E-state index in [1.54, 1.807) is 54.3 Å². The summed E-state index contributed by atoms with van der Waals surface area (Å²) >= 11 is 0. The molecule has 466 valence electrons. The fourth-order valence-corrected chi connectivity index (χ4v) is 13.7. The highest BCUT2D eigenvalue weighted by Gasteiger charge is 2.33. The van der Waals surface area contributed by atoms with Crippen LogP contribution in [0.4, 0.5) is 17.6 Å². The van der Waals surface area contributed by atoms with E-state index in [1.807, 2.05) is 97.8 Å². The van der Waals surface area contributed by atoms with E-state index < -0.39 is 5.82 Å². The van der Waals surface area contributed by atoms with Crippen molar-refractivity contribution in [1.82, 2.24) is 74.5 Å². The van der Waals surface area contributed by atoms with Crippen LogP contribution in [-0.2, 0) is 7.05 Å². The molecule has 15 rings (SSSR count). The number of nitrogens with zero attached hydrogens (tertiary/aromatic N) is 14. The van der Waals surface area contributed by atoms with Crippen molar-refractivity contribution in [3.63, 3.8) is 0 Å². The normalized spacial score (nSPS) is 18.3. The van der Waals surface area contributed by atoms with E-state index in [-0.39, 0.29) is 35.9 Å². The minimum Gasteiger partial charge on any atom is -0.395 e. The van der Waals surface area contributed by atoms with Crippen molar-refractivity contribution < 1.29 is 22.7 Å². The van der Waals surface area contributed by atoms with Gasteiger partial charge in [-0.15, -0.1) is 20.4 Å². The molecule has 3 aliphatic heterocycles. The van der Waals surface area contributed by atoms with Gasteiger partial charge in [-0.25, -0.2) is 27.1 Å². The lowest BCUT2D eigenvalue weighted by atomic mass is 9.84. The van der Waals surface area contributed by atoms with Gasteiger partial charge in [0.25, 0.3) is 0 Å². The van der Waals surface area contributed by atoms with Gasteiger partial charge < -0.3 is 19.7 Å². The summed E-state index contributed by atoms with van der Waals surface area (Å²) in [6, 6.07) is 25.8. The van der Waals surface area contributed by atoms with Gasteiger partial charge in [-0.2, -0.15) is 20.4 Å². The zero-order valence-corrected chi connectivity index (χ0v) is 52.4. The number of benzene rings is 4. The molecule has 20 heteroatoms. The molecule has 2 N–H and O–H groups in total. The van der Waals surface area contributed by atoms with Gasteiger partial charge in [0.15, 0.2) is 5.82 Å². The van der Waals surface area contributed by atoms with Crippen LogP contribution in [0.25, 0.3) is 88.5 Å².